The largest absolute Gasteiger partial charge is 0.460 e. The molecule has 2 amide bonds. The SMILES string of the molecule is Nc1ccccc1C(=O)OCCNC(=O)NCCOC(=O)c1ccccc1N. The Morgan fingerprint density at radius 1 is 0.714 bits per heavy atom. The molecule has 0 aliphatic heterocycles. The molecule has 0 aliphatic carbocycles. The van der Waals surface area contributed by atoms with Crippen molar-refractivity contribution in [2.75, 3.05) is 37.8 Å². The zero-order valence-corrected chi connectivity index (χ0v) is 15.1. The minimum absolute atomic E-state index is 0.0111. The molecule has 0 fully saturated rings. The molecule has 6 N–H and O–H groups in total. The number of amides is 2. The van der Waals surface area contributed by atoms with Gasteiger partial charge in [-0.05, 0) is 24.3 Å². The molecule has 0 radical (unpaired) electrons. The Morgan fingerprint density at radius 3 is 1.50 bits per heavy atom. The molecule has 0 atom stereocenters. The number of anilines is 2. The highest BCUT2D eigenvalue weighted by Gasteiger charge is 2.11. The number of carbonyl (C=O) groups excluding carboxylic acids is 3. The van der Waals surface area contributed by atoms with Crippen molar-refractivity contribution in [2.45, 2.75) is 0 Å². The first-order valence-corrected chi connectivity index (χ1v) is 8.54. The second-order valence-electron chi connectivity index (χ2n) is 5.63. The van der Waals surface area contributed by atoms with Gasteiger partial charge in [0.2, 0.25) is 0 Å². The summed E-state index contributed by atoms with van der Waals surface area (Å²) in [5.74, 6) is -1.13. The van der Waals surface area contributed by atoms with Crippen LogP contribution in [0.2, 0.25) is 0 Å². The van der Waals surface area contributed by atoms with Gasteiger partial charge in [-0.3, -0.25) is 0 Å². The molecule has 0 spiro atoms. The highest BCUT2D eigenvalue weighted by Crippen LogP contribution is 2.12. The van der Waals surface area contributed by atoms with Crippen LogP contribution in [0.4, 0.5) is 16.2 Å². The van der Waals surface area contributed by atoms with E-state index in [0.717, 1.165) is 0 Å². The fraction of sp³-hybridized carbons (Fsp3) is 0.211. The van der Waals surface area contributed by atoms with Crippen LogP contribution in [0.15, 0.2) is 48.5 Å². The minimum atomic E-state index is -0.563. The number of benzene rings is 2. The van der Waals surface area contributed by atoms with Crippen LogP contribution in [0.1, 0.15) is 20.7 Å². The third-order valence-corrected chi connectivity index (χ3v) is 3.60. The highest BCUT2D eigenvalue weighted by atomic mass is 16.5. The maximum absolute atomic E-state index is 11.8. The summed E-state index contributed by atoms with van der Waals surface area (Å²) < 4.78 is 10.1. The number of rotatable bonds is 8. The van der Waals surface area contributed by atoms with Gasteiger partial charge >= 0.3 is 18.0 Å². The Kier molecular flexibility index (Phi) is 7.64. The summed E-state index contributed by atoms with van der Waals surface area (Å²) in [5.41, 5.74) is 12.6. The van der Waals surface area contributed by atoms with E-state index in [1.54, 1.807) is 48.5 Å². The van der Waals surface area contributed by atoms with Crippen molar-refractivity contribution in [2.24, 2.45) is 0 Å². The zero-order chi connectivity index (χ0) is 20.4. The van der Waals surface area contributed by atoms with Crippen LogP contribution in [0.3, 0.4) is 0 Å². The van der Waals surface area contributed by atoms with Gasteiger partial charge in [0.15, 0.2) is 0 Å². The third-order valence-electron chi connectivity index (χ3n) is 3.60. The first kappa shape index (κ1) is 20.6. The first-order valence-electron chi connectivity index (χ1n) is 8.54. The lowest BCUT2D eigenvalue weighted by Crippen LogP contribution is -2.39. The van der Waals surface area contributed by atoms with E-state index in [1.165, 1.54) is 0 Å². The van der Waals surface area contributed by atoms with E-state index in [4.69, 9.17) is 20.9 Å². The van der Waals surface area contributed by atoms with Crippen molar-refractivity contribution in [1.29, 1.82) is 0 Å². The lowest BCUT2D eigenvalue weighted by Gasteiger charge is -2.10. The second kappa shape index (κ2) is 10.4. The number of carbonyl (C=O) groups is 3. The summed E-state index contributed by atoms with van der Waals surface area (Å²) in [6.07, 6.45) is 0. The molecule has 148 valence electrons. The minimum Gasteiger partial charge on any atom is -0.460 e. The quantitative estimate of drug-likeness (QED) is 0.302. The van der Waals surface area contributed by atoms with Crippen LogP contribution >= 0.6 is 0 Å². The number of urea groups is 1. The van der Waals surface area contributed by atoms with Crippen molar-refractivity contribution in [3.63, 3.8) is 0 Å². The summed E-state index contributed by atoms with van der Waals surface area (Å²) >= 11 is 0. The van der Waals surface area contributed by atoms with Gasteiger partial charge in [0.25, 0.3) is 0 Å². The van der Waals surface area contributed by atoms with E-state index in [-0.39, 0.29) is 37.4 Å². The van der Waals surface area contributed by atoms with Crippen molar-refractivity contribution in [3.8, 4) is 0 Å². The zero-order valence-electron chi connectivity index (χ0n) is 15.1. The first-order chi connectivity index (χ1) is 13.5. The normalized spacial score (nSPS) is 10.0. The molecule has 2 aromatic carbocycles. The Labute approximate surface area is 162 Å². The third kappa shape index (κ3) is 6.20. The molecule has 0 saturated carbocycles. The smallest absolute Gasteiger partial charge is 0.340 e. The predicted molar refractivity (Wildman–Crippen MR) is 104 cm³/mol. The van der Waals surface area contributed by atoms with E-state index >= 15 is 0 Å². The average molecular weight is 386 g/mol. The van der Waals surface area contributed by atoms with Crippen molar-refractivity contribution in [3.05, 3.63) is 59.7 Å². The van der Waals surface area contributed by atoms with Gasteiger partial charge in [-0.2, -0.15) is 0 Å². The van der Waals surface area contributed by atoms with Crippen LogP contribution in [0, 0.1) is 0 Å². The second-order valence-corrected chi connectivity index (χ2v) is 5.63. The fourth-order valence-corrected chi connectivity index (χ4v) is 2.20. The Hall–Kier alpha value is -3.75. The van der Waals surface area contributed by atoms with Crippen molar-refractivity contribution in [1.82, 2.24) is 10.6 Å². The lowest BCUT2D eigenvalue weighted by molar-refractivity contribution is 0.0508. The summed E-state index contributed by atoms with van der Waals surface area (Å²) in [6.45, 7) is 0.209. The van der Waals surface area contributed by atoms with Gasteiger partial charge in [0, 0.05) is 11.4 Å². The molecule has 0 bridgehead atoms. The molecular weight excluding hydrogens is 364 g/mol. The number of nitrogens with one attached hydrogen (secondary N) is 2. The number of para-hydroxylation sites is 2. The Balaban J connectivity index is 1.58. The number of nitrogen functional groups attached to an aromatic ring is 2. The van der Waals surface area contributed by atoms with Crippen LogP contribution < -0.4 is 22.1 Å². The van der Waals surface area contributed by atoms with E-state index in [0.29, 0.717) is 11.4 Å². The number of nitrogens with two attached hydrogens (primary N) is 2. The predicted octanol–water partition coefficient (Wildman–Crippen LogP) is 1.16. The molecule has 9 nitrogen and oxygen atoms in total. The molecule has 9 heteroatoms. The fourth-order valence-electron chi connectivity index (χ4n) is 2.20. The van der Waals surface area contributed by atoms with Crippen LogP contribution in [0.25, 0.3) is 0 Å². The molecule has 2 rings (SSSR count). The number of esters is 2. The number of ether oxygens (including phenoxy) is 2. The van der Waals surface area contributed by atoms with Gasteiger partial charge in [-0.15, -0.1) is 0 Å². The molecule has 28 heavy (non-hydrogen) atoms. The van der Waals surface area contributed by atoms with Gasteiger partial charge in [-0.25, -0.2) is 14.4 Å². The van der Waals surface area contributed by atoms with Crippen molar-refractivity contribution < 1.29 is 23.9 Å². The maximum Gasteiger partial charge on any atom is 0.340 e. The Morgan fingerprint density at radius 2 is 1.11 bits per heavy atom. The molecule has 0 aliphatic rings. The molecule has 0 unspecified atom stereocenters. The van der Waals surface area contributed by atoms with Gasteiger partial charge in [-0.1, -0.05) is 24.3 Å². The van der Waals surface area contributed by atoms with Gasteiger partial charge in [0.05, 0.1) is 24.2 Å². The number of hydrogen-bond donors (Lipinski definition) is 4. The van der Waals surface area contributed by atoms with Crippen LogP contribution in [0.5, 0.6) is 0 Å². The lowest BCUT2D eigenvalue weighted by atomic mass is 10.2. The monoisotopic (exact) mass is 386 g/mol. The highest BCUT2D eigenvalue weighted by molar-refractivity contribution is 5.95. The average Bonchev–Trinajstić information content (AvgIpc) is 2.69. The molecular formula is C19H22N4O5. The van der Waals surface area contributed by atoms with Crippen molar-refractivity contribution >= 4 is 29.3 Å². The summed E-state index contributed by atoms with van der Waals surface area (Å²) in [4.78, 5) is 35.3. The maximum atomic E-state index is 11.8. The van der Waals surface area contributed by atoms with E-state index in [9.17, 15) is 14.4 Å². The summed E-state index contributed by atoms with van der Waals surface area (Å²) in [7, 11) is 0. The molecule has 0 aromatic heterocycles. The van der Waals surface area contributed by atoms with E-state index in [1.807, 2.05) is 0 Å². The topological polar surface area (TPSA) is 146 Å². The summed E-state index contributed by atoms with van der Waals surface area (Å²) in [6, 6.07) is 12.6. The summed E-state index contributed by atoms with van der Waals surface area (Å²) in [5, 5.41) is 5.03. The Bertz CT molecular complexity index is 773. The van der Waals surface area contributed by atoms with Gasteiger partial charge in [0.1, 0.15) is 13.2 Å². The molecule has 0 heterocycles. The molecule has 0 saturated heterocycles. The molecule has 2 aromatic rings. The standard InChI is InChI=1S/C19H22N4O5/c20-15-7-3-1-5-13(15)17(24)27-11-9-22-19(26)23-10-12-28-18(25)14-6-2-4-8-16(14)21/h1-8H,9-12,20-21H2,(H2,22,23,26). The van der Waals surface area contributed by atoms with Gasteiger partial charge < -0.3 is 31.6 Å². The van der Waals surface area contributed by atoms with E-state index < -0.39 is 18.0 Å². The van der Waals surface area contributed by atoms with E-state index in [2.05, 4.69) is 10.6 Å². The van der Waals surface area contributed by atoms with Crippen LogP contribution in [-0.4, -0.2) is 44.3 Å². The van der Waals surface area contributed by atoms with Crippen LogP contribution in [-0.2, 0) is 9.47 Å². The number of hydrogen-bond acceptors (Lipinski definition) is 7.